The molecule has 0 aliphatic rings. The van der Waals surface area contributed by atoms with Crippen LogP contribution in [0.2, 0.25) is 0 Å². The van der Waals surface area contributed by atoms with Crippen molar-refractivity contribution in [2.24, 2.45) is 0 Å². The van der Waals surface area contributed by atoms with Crippen LogP contribution in [-0.2, 0) is 0 Å². The summed E-state index contributed by atoms with van der Waals surface area (Å²) in [6, 6.07) is 20.9. The third kappa shape index (κ3) is 3.71. The van der Waals surface area contributed by atoms with Gasteiger partial charge < -0.3 is 4.42 Å². The second-order valence-electron chi connectivity index (χ2n) is 5.52. The van der Waals surface area contributed by atoms with Crippen molar-refractivity contribution in [1.29, 1.82) is 10.5 Å². The molecule has 0 saturated carbocycles. The second-order valence-corrected chi connectivity index (χ2v) is 6.38. The van der Waals surface area contributed by atoms with Gasteiger partial charge in [-0.2, -0.15) is 10.5 Å². The number of benzene rings is 2. The molecule has 120 valence electrons. The summed E-state index contributed by atoms with van der Waals surface area (Å²) in [6.07, 6.45) is 1.70. The molecular weight excluding hydrogens is 376 g/mol. The maximum Gasteiger partial charge on any atom is 0.134 e. The lowest BCUT2D eigenvalue weighted by Crippen LogP contribution is -1.82. The highest BCUT2D eigenvalue weighted by atomic mass is 79.9. The van der Waals surface area contributed by atoms with Gasteiger partial charge in [-0.15, -0.1) is 0 Å². The van der Waals surface area contributed by atoms with Crippen molar-refractivity contribution in [3.8, 4) is 23.5 Å². The number of furan rings is 1. The molecule has 4 heteroatoms. The summed E-state index contributed by atoms with van der Waals surface area (Å²) in [5, 5.41) is 18.3. The third-order valence-electron chi connectivity index (χ3n) is 3.82. The van der Waals surface area contributed by atoms with Gasteiger partial charge in [-0.25, -0.2) is 0 Å². The molecule has 3 nitrogen and oxygen atoms in total. The number of nitrogens with zero attached hydrogens (tertiary/aromatic N) is 2. The van der Waals surface area contributed by atoms with Crippen LogP contribution in [0.4, 0.5) is 0 Å². The van der Waals surface area contributed by atoms with Gasteiger partial charge in [0.05, 0.1) is 23.3 Å². The fourth-order valence-electron chi connectivity index (χ4n) is 2.38. The monoisotopic (exact) mass is 388 g/mol. The van der Waals surface area contributed by atoms with Crippen molar-refractivity contribution in [3.63, 3.8) is 0 Å². The average molecular weight is 389 g/mol. The van der Waals surface area contributed by atoms with E-state index in [0.29, 0.717) is 16.9 Å². The lowest BCUT2D eigenvalue weighted by Gasteiger charge is -2.01. The highest BCUT2D eigenvalue weighted by Crippen LogP contribution is 2.28. The summed E-state index contributed by atoms with van der Waals surface area (Å²) in [6.45, 7) is 2.03. The van der Waals surface area contributed by atoms with Crippen LogP contribution in [0.25, 0.3) is 23.0 Å². The van der Waals surface area contributed by atoms with Gasteiger partial charge in [-0.1, -0.05) is 40.2 Å². The lowest BCUT2D eigenvalue weighted by atomic mass is 10.0. The minimum atomic E-state index is 0.482. The SMILES string of the molecule is Cc1ccc(-c2ccc(/C=C(/C#N)c3ccc(C#N)cc3)o2)cc1Br. The van der Waals surface area contributed by atoms with Crippen LogP contribution in [0.15, 0.2) is 63.5 Å². The minimum absolute atomic E-state index is 0.482. The zero-order chi connectivity index (χ0) is 17.8. The van der Waals surface area contributed by atoms with E-state index in [4.69, 9.17) is 9.68 Å². The molecule has 25 heavy (non-hydrogen) atoms. The first-order valence-electron chi connectivity index (χ1n) is 7.59. The van der Waals surface area contributed by atoms with E-state index in [2.05, 4.69) is 28.1 Å². The maximum absolute atomic E-state index is 9.43. The van der Waals surface area contributed by atoms with Crippen molar-refractivity contribution in [3.05, 3.63) is 81.5 Å². The van der Waals surface area contributed by atoms with E-state index in [0.717, 1.165) is 26.9 Å². The van der Waals surface area contributed by atoms with Crippen molar-refractivity contribution < 1.29 is 4.42 Å². The van der Waals surface area contributed by atoms with Crippen LogP contribution in [0.1, 0.15) is 22.5 Å². The molecule has 0 radical (unpaired) electrons. The van der Waals surface area contributed by atoms with Gasteiger partial charge in [-0.3, -0.25) is 0 Å². The highest BCUT2D eigenvalue weighted by molar-refractivity contribution is 9.10. The Kier molecular flexibility index (Phi) is 4.84. The van der Waals surface area contributed by atoms with Crippen LogP contribution in [-0.4, -0.2) is 0 Å². The topological polar surface area (TPSA) is 60.7 Å². The number of aryl methyl sites for hydroxylation is 1. The highest BCUT2D eigenvalue weighted by Gasteiger charge is 2.07. The Bertz CT molecular complexity index is 1030. The minimum Gasteiger partial charge on any atom is -0.457 e. The largest absolute Gasteiger partial charge is 0.457 e. The molecule has 3 aromatic rings. The van der Waals surface area contributed by atoms with Gasteiger partial charge in [-0.05, 0) is 54.5 Å². The molecule has 0 saturated heterocycles. The first kappa shape index (κ1) is 16.8. The van der Waals surface area contributed by atoms with Crippen molar-refractivity contribution in [2.45, 2.75) is 6.92 Å². The summed E-state index contributed by atoms with van der Waals surface area (Å²) in [5.41, 5.74) is 3.91. The molecule has 2 aromatic carbocycles. The zero-order valence-corrected chi connectivity index (χ0v) is 15.0. The molecule has 1 heterocycles. The Morgan fingerprint density at radius 2 is 1.80 bits per heavy atom. The van der Waals surface area contributed by atoms with Crippen LogP contribution in [0.5, 0.6) is 0 Å². The number of rotatable bonds is 3. The van der Waals surface area contributed by atoms with E-state index in [-0.39, 0.29) is 0 Å². The molecule has 0 fully saturated rings. The molecule has 0 atom stereocenters. The second kappa shape index (κ2) is 7.21. The van der Waals surface area contributed by atoms with Crippen LogP contribution < -0.4 is 0 Å². The van der Waals surface area contributed by atoms with Crippen molar-refractivity contribution in [2.75, 3.05) is 0 Å². The Morgan fingerprint density at radius 1 is 1.04 bits per heavy atom. The molecule has 0 aliphatic heterocycles. The van der Waals surface area contributed by atoms with E-state index in [1.807, 2.05) is 37.3 Å². The third-order valence-corrected chi connectivity index (χ3v) is 4.67. The summed E-state index contributed by atoms with van der Waals surface area (Å²) in [5.74, 6) is 1.34. The molecule has 1 aromatic heterocycles. The van der Waals surface area contributed by atoms with Gasteiger partial charge >= 0.3 is 0 Å². The quantitative estimate of drug-likeness (QED) is 0.520. The molecule has 0 spiro atoms. The maximum atomic E-state index is 9.43. The predicted molar refractivity (Wildman–Crippen MR) is 101 cm³/mol. The predicted octanol–water partition coefficient (Wildman–Crippen LogP) is 5.95. The normalized spacial score (nSPS) is 11.0. The molecule has 0 N–H and O–H groups in total. The van der Waals surface area contributed by atoms with E-state index < -0.39 is 0 Å². The van der Waals surface area contributed by atoms with Gasteiger partial charge in [0.2, 0.25) is 0 Å². The standard InChI is InChI=1S/C21H13BrN2O/c1-14-2-5-17(11-20(14)22)21-9-8-19(25-21)10-18(13-24)16-6-3-15(12-23)4-7-16/h2-11H,1H3/b18-10-. The molecule has 3 rings (SSSR count). The van der Waals surface area contributed by atoms with Crippen LogP contribution in [0, 0.1) is 29.6 Å². The molecular formula is C21H13BrN2O. The average Bonchev–Trinajstić information content (AvgIpc) is 3.11. The van der Waals surface area contributed by atoms with E-state index in [1.54, 1.807) is 30.3 Å². The first-order chi connectivity index (χ1) is 12.1. The number of allylic oxidation sites excluding steroid dienone is 1. The van der Waals surface area contributed by atoms with Crippen LogP contribution >= 0.6 is 15.9 Å². The smallest absolute Gasteiger partial charge is 0.134 e. The fourth-order valence-corrected chi connectivity index (χ4v) is 2.76. The van der Waals surface area contributed by atoms with Gasteiger partial charge in [0, 0.05) is 10.0 Å². The number of hydrogen-bond donors (Lipinski definition) is 0. The Morgan fingerprint density at radius 3 is 2.44 bits per heavy atom. The first-order valence-corrected chi connectivity index (χ1v) is 8.38. The molecule has 0 aliphatic carbocycles. The van der Waals surface area contributed by atoms with Gasteiger partial charge in [0.25, 0.3) is 0 Å². The molecule has 0 bridgehead atoms. The number of nitriles is 2. The Labute approximate surface area is 154 Å². The van der Waals surface area contributed by atoms with Crippen LogP contribution in [0.3, 0.4) is 0 Å². The van der Waals surface area contributed by atoms with E-state index in [9.17, 15) is 5.26 Å². The summed E-state index contributed by atoms with van der Waals surface area (Å²) < 4.78 is 6.88. The number of hydrogen-bond acceptors (Lipinski definition) is 3. The van der Waals surface area contributed by atoms with E-state index >= 15 is 0 Å². The molecule has 0 amide bonds. The molecule has 0 unspecified atom stereocenters. The van der Waals surface area contributed by atoms with Gasteiger partial charge in [0.15, 0.2) is 0 Å². The number of halogens is 1. The Balaban J connectivity index is 1.92. The fraction of sp³-hybridized carbons (Fsp3) is 0.0476. The Hall–Kier alpha value is -3.08. The zero-order valence-electron chi connectivity index (χ0n) is 13.5. The van der Waals surface area contributed by atoms with Gasteiger partial charge in [0.1, 0.15) is 11.5 Å². The van der Waals surface area contributed by atoms with E-state index in [1.165, 1.54) is 0 Å². The summed E-state index contributed by atoms with van der Waals surface area (Å²) in [4.78, 5) is 0. The summed E-state index contributed by atoms with van der Waals surface area (Å²) >= 11 is 3.52. The summed E-state index contributed by atoms with van der Waals surface area (Å²) in [7, 11) is 0. The van der Waals surface area contributed by atoms with Crippen molar-refractivity contribution in [1.82, 2.24) is 0 Å². The lowest BCUT2D eigenvalue weighted by molar-refractivity contribution is 0.572. The van der Waals surface area contributed by atoms with Crippen molar-refractivity contribution >= 4 is 27.6 Å².